The van der Waals surface area contributed by atoms with Crippen molar-refractivity contribution in [2.75, 3.05) is 19.6 Å². The summed E-state index contributed by atoms with van der Waals surface area (Å²) in [7, 11) is 0. The number of aliphatic hydroxyl groups excluding tert-OH is 1. The molecule has 1 atom stereocenters. The third-order valence-electron chi connectivity index (χ3n) is 4.81. The second-order valence-corrected chi connectivity index (χ2v) is 6.81. The first kappa shape index (κ1) is 19.5. The molecule has 6 nitrogen and oxygen atoms in total. The van der Waals surface area contributed by atoms with Gasteiger partial charge in [-0.3, -0.25) is 14.3 Å². The Labute approximate surface area is 154 Å². The van der Waals surface area contributed by atoms with Crippen LogP contribution in [0.1, 0.15) is 12.8 Å². The van der Waals surface area contributed by atoms with Crippen LogP contribution in [0.5, 0.6) is 0 Å². The van der Waals surface area contributed by atoms with Crippen molar-refractivity contribution in [2.24, 2.45) is 5.92 Å². The van der Waals surface area contributed by atoms with Crippen LogP contribution in [0.3, 0.4) is 0 Å². The maximum atomic E-state index is 12.4. The van der Waals surface area contributed by atoms with Crippen LogP contribution in [0.4, 0.5) is 13.2 Å². The van der Waals surface area contributed by atoms with Gasteiger partial charge in [0.25, 0.3) is 5.56 Å². The number of alkyl halides is 3. The average Bonchev–Trinajstić information content (AvgIpc) is 2.65. The quantitative estimate of drug-likeness (QED) is 0.856. The summed E-state index contributed by atoms with van der Waals surface area (Å²) < 4.78 is 38.9. The van der Waals surface area contributed by atoms with E-state index in [2.05, 4.69) is 9.97 Å². The van der Waals surface area contributed by atoms with Gasteiger partial charge in [0.1, 0.15) is 0 Å². The summed E-state index contributed by atoms with van der Waals surface area (Å²) in [6.07, 6.45) is -0.790. The molecule has 0 saturated carbocycles. The minimum Gasteiger partial charge on any atom is -0.382 e. The van der Waals surface area contributed by atoms with Gasteiger partial charge < -0.3 is 10.0 Å². The molecule has 9 heteroatoms. The summed E-state index contributed by atoms with van der Waals surface area (Å²) in [5, 5.41) is 9.17. The van der Waals surface area contributed by atoms with E-state index in [4.69, 9.17) is 0 Å². The molecule has 1 aliphatic heterocycles. The number of nitrogens with zero attached hydrogens (tertiary/aromatic N) is 4. The van der Waals surface area contributed by atoms with Crippen LogP contribution in [-0.2, 0) is 6.54 Å². The average molecular weight is 382 g/mol. The highest BCUT2D eigenvalue weighted by Gasteiger charge is 2.39. The maximum Gasteiger partial charge on any atom is 0.415 e. The van der Waals surface area contributed by atoms with Gasteiger partial charge in [0, 0.05) is 37.1 Å². The molecule has 0 amide bonds. The van der Waals surface area contributed by atoms with Gasteiger partial charge in [-0.1, -0.05) is 0 Å². The number of hydrogen-bond donors (Lipinski definition) is 1. The lowest BCUT2D eigenvalue weighted by molar-refractivity contribution is -0.208. The van der Waals surface area contributed by atoms with Crippen LogP contribution in [0.15, 0.2) is 41.7 Å². The molecule has 0 bridgehead atoms. The molecule has 3 heterocycles. The molecule has 1 fully saturated rings. The maximum absolute atomic E-state index is 12.4. The molecule has 27 heavy (non-hydrogen) atoms. The van der Waals surface area contributed by atoms with Gasteiger partial charge >= 0.3 is 6.18 Å². The van der Waals surface area contributed by atoms with Crippen molar-refractivity contribution in [2.45, 2.75) is 31.7 Å². The fourth-order valence-electron chi connectivity index (χ4n) is 3.21. The summed E-state index contributed by atoms with van der Waals surface area (Å²) in [5.41, 5.74) is 1.15. The van der Waals surface area contributed by atoms with Crippen molar-refractivity contribution >= 4 is 0 Å². The molecule has 0 aromatic carbocycles. The van der Waals surface area contributed by atoms with E-state index >= 15 is 0 Å². The number of aromatic nitrogens is 3. The molecule has 2 aromatic heterocycles. The second kappa shape index (κ2) is 8.18. The molecule has 1 aliphatic rings. The van der Waals surface area contributed by atoms with Crippen molar-refractivity contribution in [1.82, 2.24) is 19.4 Å². The molecule has 146 valence electrons. The molecule has 0 aliphatic carbocycles. The number of halogens is 3. The highest BCUT2D eigenvalue weighted by Crippen LogP contribution is 2.24. The van der Waals surface area contributed by atoms with Crippen molar-refractivity contribution in [3.63, 3.8) is 0 Å². The van der Waals surface area contributed by atoms with Gasteiger partial charge in [0.15, 0.2) is 6.10 Å². The number of rotatable bonds is 5. The summed E-state index contributed by atoms with van der Waals surface area (Å²) in [6, 6.07) is 5.06. The normalized spacial score (nSPS) is 17.8. The van der Waals surface area contributed by atoms with Gasteiger partial charge in [-0.05, 0) is 44.0 Å². The minimum absolute atomic E-state index is 0.168. The number of aliphatic hydroxyl groups is 1. The number of likely N-dealkylation sites (tertiary alicyclic amines) is 1. The monoisotopic (exact) mass is 382 g/mol. The molecule has 1 unspecified atom stereocenters. The van der Waals surface area contributed by atoms with Crippen molar-refractivity contribution in [1.29, 1.82) is 0 Å². The standard InChI is InChI=1S/C18H21F3N4O2/c19-18(20,21)16(26)11-24-6-3-13(4-7-24)10-25-12-23-15(8-17(25)27)14-2-1-5-22-9-14/h1-2,5,8-9,12-13,16,26H,3-4,6-7,10-11H2. The Morgan fingerprint density at radius 3 is 2.63 bits per heavy atom. The highest BCUT2D eigenvalue weighted by molar-refractivity contribution is 5.56. The number of pyridine rings is 1. The minimum atomic E-state index is -4.59. The second-order valence-electron chi connectivity index (χ2n) is 6.81. The van der Waals surface area contributed by atoms with Crippen LogP contribution in [-0.4, -0.2) is 56.5 Å². The number of β-amino-alcohol motifs (C(OH)–C–C–N with tert-alkyl or cyclic N) is 1. The van der Waals surface area contributed by atoms with E-state index in [1.165, 1.54) is 17.0 Å². The van der Waals surface area contributed by atoms with Gasteiger partial charge in [-0.15, -0.1) is 0 Å². The van der Waals surface area contributed by atoms with Gasteiger partial charge in [-0.2, -0.15) is 13.2 Å². The molecule has 1 N–H and O–H groups in total. The third kappa shape index (κ3) is 5.14. The summed E-state index contributed by atoms with van der Waals surface area (Å²) >= 11 is 0. The lowest BCUT2D eigenvalue weighted by Gasteiger charge is -2.33. The van der Waals surface area contributed by atoms with Crippen molar-refractivity contribution in [3.8, 4) is 11.3 Å². The zero-order chi connectivity index (χ0) is 19.4. The first-order valence-electron chi connectivity index (χ1n) is 8.77. The summed E-state index contributed by atoms with van der Waals surface area (Å²) in [4.78, 5) is 22.3. The molecule has 3 rings (SSSR count). The molecule has 2 aromatic rings. The first-order chi connectivity index (χ1) is 12.8. The van der Waals surface area contributed by atoms with E-state index in [-0.39, 0.29) is 11.5 Å². The van der Waals surface area contributed by atoms with Gasteiger partial charge in [0.2, 0.25) is 0 Å². The van der Waals surface area contributed by atoms with Crippen LogP contribution in [0.2, 0.25) is 0 Å². The zero-order valence-electron chi connectivity index (χ0n) is 14.6. The predicted octanol–water partition coefficient (Wildman–Crippen LogP) is 1.94. The fraction of sp³-hybridized carbons (Fsp3) is 0.500. The Morgan fingerprint density at radius 2 is 2.04 bits per heavy atom. The fourth-order valence-corrected chi connectivity index (χ4v) is 3.21. The molecular formula is C18H21F3N4O2. The van der Waals surface area contributed by atoms with Gasteiger partial charge in [-0.25, -0.2) is 4.98 Å². The lowest BCUT2D eigenvalue weighted by Crippen LogP contribution is -2.44. The topological polar surface area (TPSA) is 71.2 Å². The SMILES string of the molecule is O=c1cc(-c2cccnc2)ncn1CC1CCN(CC(O)C(F)(F)F)CC1. The molecular weight excluding hydrogens is 361 g/mol. The van der Waals surface area contributed by atoms with E-state index in [0.29, 0.717) is 38.2 Å². The number of hydrogen-bond acceptors (Lipinski definition) is 5. The third-order valence-corrected chi connectivity index (χ3v) is 4.81. The molecule has 0 spiro atoms. The van der Waals surface area contributed by atoms with E-state index < -0.39 is 18.8 Å². The van der Waals surface area contributed by atoms with E-state index in [1.54, 1.807) is 23.4 Å². The van der Waals surface area contributed by atoms with Crippen LogP contribution in [0, 0.1) is 5.92 Å². The Morgan fingerprint density at radius 1 is 1.30 bits per heavy atom. The van der Waals surface area contributed by atoms with Crippen molar-refractivity contribution < 1.29 is 18.3 Å². The molecule has 0 radical (unpaired) electrons. The highest BCUT2D eigenvalue weighted by atomic mass is 19.4. The summed E-state index contributed by atoms with van der Waals surface area (Å²) in [6.45, 7) is 1.01. The van der Waals surface area contributed by atoms with Crippen LogP contribution < -0.4 is 5.56 Å². The predicted molar refractivity (Wildman–Crippen MR) is 93.0 cm³/mol. The first-order valence-corrected chi connectivity index (χ1v) is 8.77. The van der Waals surface area contributed by atoms with Crippen molar-refractivity contribution in [3.05, 3.63) is 47.3 Å². The lowest BCUT2D eigenvalue weighted by atomic mass is 9.96. The van der Waals surface area contributed by atoms with E-state index in [0.717, 1.165) is 5.56 Å². The van der Waals surface area contributed by atoms with Crippen LogP contribution >= 0.6 is 0 Å². The Kier molecular flexibility index (Phi) is 5.91. The Bertz CT molecular complexity index is 802. The Hall–Kier alpha value is -2.26. The number of piperidine rings is 1. The van der Waals surface area contributed by atoms with Crippen LogP contribution in [0.25, 0.3) is 11.3 Å². The largest absolute Gasteiger partial charge is 0.415 e. The Balaban J connectivity index is 1.56. The smallest absolute Gasteiger partial charge is 0.382 e. The zero-order valence-corrected chi connectivity index (χ0v) is 14.6. The van der Waals surface area contributed by atoms with E-state index in [9.17, 15) is 23.1 Å². The van der Waals surface area contributed by atoms with E-state index in [1.807, 2.05) is 6.07 Å². The summed E-state index contributed by atoms with van der Waals surface area (Å²) in [5.74, 6) is 0.188. The van der Waals surface area contributed by atoms with Gasteiger partial charge in [0.05, 0.1) is 12.0 Å². The molecule has 1 saturated heterocycles.